The van der Waals surface area contributed by atoms with Crippen molar-refractivity contribution in [3.63, 3.8) is 0 Å². The number of rotatable bonds is 4. The highest BCUT2D eigenvalue weighted by molar-refractivity contribution is 5.91. The zero-order valence-electron chi connectivity index (χ0n) is 12.6. The molecule has 134 valence electrons. The van der Waals surface area contributed by atoms with Crippen molar-refractivity contribution < 1.29 is 49.6 Å². The number of phenols is 2. The SMILES string of the molecule is COC(=O)c1cc(O)c(O)c(OC2O[C@@H](CO)[C@H](O)[C@@H](O)[C@@H]2O)c1. The summed E-state index contributed by atoms with van der Waals surface area (Å²) in [5, 5.41) is 57.8. The number of carbonyl (C=O) groups excluding carboxylic acids is 1. The zero-order valence-corrected chi connectivity index (χ0v) is 12.6. The van der Waals surface area contributed by atoms with Crippen LogP contribution in [0.5, 0.6) is 17.2 Å². The molecule has 1 fully saturated rings. The summed E-state index contributed by atoms with van der Waals surface area (Å²) in [6, 6.07) is 1.98. The molecule has 1 aromatic carbocycles. The average molecular weight is 346 g/mol. The minimum absolute atomic E-state index is 0.146. The molecule has 0 amide bonds. The monoisotopic (exact) mass is 346 g/mol. The Bertz CT molecular complexity index is 601. The van der Waals surface area contributed by atoms with Gasteiger partial charge in [0, 0.05) is 0 Å². The third kappa shape index (κ3) is 3.37. The first kappa shape index (κ1) is 18.2. The van der Waals surface area contributed by atoms with Crippen LogP contribution in [0.25, 0.3) is 0 Å². The maximum absolute atomic E-state index is 11.5. The Morgan fingerprint density at radius 3 is 2.42 bits per heavy atom. The topological polar surface area (TPSA) is 166 Å². The number of aliphatic hydroxyl groups is 4. The quantitative estimate of drug-likeness (QED) is 0.267. The summed E-state index contributed by atoms with van der Waals surface area (Å²) < 4.78 is 14.8. The van der Waals surface area contributed by atoms with Crippen molar-refractivity contribution in [3.05, 3.63) is 17.7 Å². The molecule has 0 aromatic heterocycles. The minimum atomic E-state index is -1.72. The van der Waals surface area contributed by atoms with Crippen molar-refractivity contribution >= 4 is 5.97 Å². The fraction of sp³-hybridized carbons (Fsp3) is 0.500. The summed E-state index contributed by atoms with van der Waals surface area (Å²) in [4.78, 5) is 11.5. The number of phenolic OH excluding ortho intramolecular Hbond substituents is 2. The maximum atomic E-state index is 11.5. The van der Waals surface area contributed by atoms with Crippen LogP contribution in [0.2, 0.25) is 0 Å². The van der Waals surface area contributed by atoms with Crippen LogP contribution in [0.4, 0.5) is 0 Å². The van der Waals surface area contributed by atoms with Gasteiger partial charge in [0.15, 0.2) is 11.5 Å². The van der Waals surface area contributed by atoms with Gasteiger partial charge in [-0.15, -0.1) is 0 Å². The van der Waals surface area contributed by atoms with Gasteiger partial charge in [-0.25, -0.2) is 4.79 Å². The number of hydrogen-bond acceptors (Lipinski definition) is 10. The van der Waals surface area contributed by atoms with E-state index < -0.39 is 60.5 Å². The molecule has 10 nitrogen and oxygen atoms in total. The van der Waals surface area contributed by atoms with Crippen LogP contribution in [0.3, 0.4) is 0 Å². The lowest BCUT2D eigenvalue weighted by Gasteiger charge is -2.39. The first-order chi connectivity index (χ1) is 11.3. The van der Waals surface area contributed by atoms with Gasteiger partial charge < -0.3 is 44.8 Å². The standard InChI is InChI=1S/C14H18O10/c1-22-13(21)5-2-6(16)9(17)7(3-5)23-14-12(20)11(19)10(18)8(4-15)24-14/h2-3,8,10-12,14-20H,4H2,1H3/t8-,10-,11+,12-,14?/m0/s1. The molecule has 5 atom stereocenters. The van der Waals surface area contributed by atoms with Crippen LogP contribution in [0, 0.1) is 0 Å². The molecule has 1 heterocycles. The second kappa shape index (κ2) is 7.20. The Morgan fingerprint density at radius 1 is 1.17 bits per heavy atom. The van der Waals surface area contributed by atoms with Gasteiger partial charge in [-0.2, -0.15) is 0 Å². The second-order valence-electron chi connectivity index (χ2n) is 5.15. The Balaban J connectivity index is 2.29. The Labute approximate surface area is 136 Å². The normalized spacial score (nSPS) is 30.0. The summed E-state index contributed by atoms with van der Waals surface area (Å²) in [7, 11) is 1.12. The molecule has 1 aliphatic rings. The molecule has 24 heavy (non-hydrogen) atoms. The molecule has 0 aliphatic carbocycles. The van der Waals surface area contributed by atoms with Crippen LogP contribution >= 0.6 is 0 Å². The smallest absolute Gasteiger partial charge is 0.338 e. The third-order valence-corrected chi connectivity index (χ3v) is 3.57. The van der Waals surface area contributed by atoms with Crippen molar-refractivity contribution in [3.8, 4) is 17.2 Å². The van der Waals surface area contributed by atoms with Crippen LogP contribution < -0.4 is 4.74 Å². The lowest BCUT2D eigenvalue weighted by atomic mass is 9.99. The van der Waals surface area contributed by atoms with Crippen LogP contribution in [-0.4, -0.2) is 81.0 Å². The lowest BCUT2D eigenvalue weighted by Crippen LogP contribution is -2.60. The summed E-state index contributed by atoms with van der Waals surface area (Å²) >= 11 is 0. The van der Waals surface area contributed by atoms with Crippen LogP contribution in [-0.2, 0) is 9.47 Å². The van der Waals surface area contributed by atoms with Gasteiger partial charge in [0.05, 0.1) is 19.3 Å². The van der Waals surface area contributed by atoms with E-state index in [0.29, 0.717) is 0 Å². The summed E-state index contributed by atoms with van der Waals surface area (Å²) in [6.07, 6.45) is -7.77. The molecule has 1 aromatic rings. The molecule has 6 N–H and O–H groups in total. The first-order valence-corrected chi connectivity index (χ1v) is 6.91. The highest BCUT2D eigenvalue weighted by Crippen LogP contribution is 2.38. The molecule has 0 bridgehead atoms. The average Bonchev–Trinajstić information content (AvgIpc) is 2.58. The van der Waals surface area contributed by atoms with Gasteiger partial charge >= 0.3 is 5.97 Å². The molecule has 10 heteroatoms. The van der Waals surface area contributed by atoms with Crippen molar-refractivity contribution in [1.82, 2.24) is 0 Å². The molecule has 0 saturated carbocycles. The van der Waals surface area contributed by atoms with Crippen molar-refractivity contribution in [2.45, 2.75) is 30.7 Å². The zero-order chi connectivity index (χ0) is 18.0. The van der Waals surface area contributed by atoms with E-state index in [2.05, 4.69) is 4.74 Å². The predicted molar refractivity (Wildman–Crippen MR) is 75.5 cm³/mol. The van der Waals surface area contributed by atoms with E-state index >= 15 is 0 Å². The second-order valence-corrected chi connectivity index (χ2v) is 5.15. The van der Waals surface area contributed by atoms with Crippen molar-refractivity contribution in [1.29, 1.82) is 0 Å². The molecule has 1 aliphatic heterocycles. The number of carbonyl (C=O) groups is 1. The van der Waals surface area contributed by atoms with Crippen molar-refractivity contribution in [2.24, 2.45) is 0 Å². The third-order valence-electron chi connectivity index (χ3n) is 3.57. The van der Waals surface area contributed by atoms with Gasteiger partial charge in [0.25, 0.3) is 0 Å². The van der Waals surface area contributed by atoms with E-state index in [9.17, 15) is 30.3 Å². The maximum Gasteiger partial charge on any atom is 0.338 e. The van der Waals surface area contributed by atoms with Gasteiger partial charge in [0.1, 0.15) is 24.4 Å². The summed E-state index contributed by atoms with van der Waals surface area (Å²) in [5.41, 5.74) is -0.146. The number of benzene rings is 1. The summed E-state index contributed by atoms with van der Waals surface area (Å²) in [5.74, 6) is -2.67. The lowest BCUT2D eigenvalue weighted by molar-refractivity contribution is -0.277. The summed E-state index contributed by atoms with van der Waals surface area (Å²) in [6.45, 7) is -0.662. The van der Waals surface area contributed by atoms with Crippen molar-refractivity contribution in [2.75, 3.05) is 13.7 Å². The van der Waals surface area contributed by atoms with Crippen LogP contribution in [0.15, 0.2) is 12.1 Å². The van der Waals surface area contributed by atoms with Crippen LogP contribution in [0.1, 0.15) is 10.4 Å². The highest BCUT2D eigenvalue weighted by Gasteiger charge is 2.45. The Hall–Kier alpha value is -2.11. The highest BCUT2D eigenvalue weighted by atomic mass is 16.7. The van der Waals surface area contributed by atoms with Gasteiger partial charge in [-0.05, 0) is 12.1 Å². The Morgan fingerprint density at radius 2 is 1.83 bits per heavy atom. The van der Waals surface area contributed by atoms with E-state index in [4.69, 9.17) is 14.6 Å². The van der Waals surface area contributed by atoms with E-state index in [1.807, 2.05) is 0 Å². The Kier molecular flexibility index (Phi) is 5.47. The fourth-order valence-electron chi connectivity index (χ4n) is 2.21. The molecular formula is C14H18O10. The molecule has 0 radical (unpaired) electrons. The largest absolute Gasteiger partial charge is 0.504 e. The van der Waals surface area contributed by atoms with Gasteiger partial charge in [0.2, 0.25) is 12.0 Å². The van der Waals surface area contributed by atoms with Gasteiger partial charge in [-0.1, -0.05) is 0 Å². The van der Waals surface area contributed by atoms with E-state index in [-0.39, 0.29) is 5.56 Å². The fourth-order valence-corrected chi connectivity index (χ4v) is 2.21. The first-order valence-electron chi connectivity index (χ1n) is 6.91. The van der Waals surface area contributed by atoms with E-state index in [0.717, 1.165) is 19.2 Å². The molecular weight excluding hydrogens is 328 g/mol. The van der Waals surface area contributed by atoms with E-state index in [1.54, 1.807) is 0 Å². The number of aliphatic hydroxyl groups excluding tert-OH is 4. The molecule has 0 spiro atoms. The number of hydrogen-bond donors (Lipinski definition) is 6. The predicted octanol–water partition coefficient (Wildman–Crippen LogP) is -1.94. The van der Waals surface area contributed by atoms with E-state index in [1.165, 1.54) is 0 Å². The molecule has 1 saturated heterocycles. The molecule has 1 unspecified atom stereocenters. The van der Waals surface area contributed by atoms with Gasteiger partial charge in [-0.3, -0.25) is 0 Å². The number of ether oxygens (including phenoxy) is 3. The molecule has 2 rings (SSSR count). The minimum Gasteiger partial charge on any atom is -0.504 e. The number of esters is 1. The number of aromatic hydroxyl groups is 2. The number of methoxy groups -OCH3 is 1.